The summed E-state index contributed by atoms with van der Waals surface area (Å²) in [5.41, 5.74) is 1.86. The predicted molar refractivity (Wildman–Crippen MR) is 298 cm³/mol. The van der Waals surface area contributed by atoms with Crippen LogP contribution in [0.2, 0.25) is 0 Å². The average molecular weight is 1130 g/mol. The van der Waals surface area contributed by atoms with E-state index in [0.717, 1.165) is 42.4 Å². The number of nitrogens with zero attached hydrogens (tertiary/aromatic N) is 4. The van der Waals surface area contributed by atoms with Crippen LogP contribution in [-0.4, -0.2) is 160 Å². The van der Waals surface area contributed by atoms with Gasteiger partial charge in [0.05, 0.1) is 37.8 Å². The molecule has 5 heterocycles. The summed E-state index contributed by atoms with van der Waals surface area (Å²) in [6, 6.07) is 16.9. The number of fused-ring (bicyclic) bond motifs is 2. The van der Waals surface area contributed by atoms with Crippen LogP contribution in [0.1, 0.15) is 74.4 Å². The molecule has 6 N–H and O–H groups in total. The molecule has 6 amide bonds. The highest BCUT2D eigenvalue weighted by atomic mass is 35.5. The fraction of sp³-hybridized carbons (Fsp3) is 0.483. The highest BCUT2D eigenvalue weighted by Crippen LogP contribution is 2.43. The van der Waals surface area contributed by atoms with Crippen molar-refractivity contribution in [2.24, 2.45) is 5.92 Å². The number of carbonyl (C=O) groups excluding carboxylic acids is 6. The highest BCUT2D eigenvalue weighted by Gasteiger charge is 2.48. The third-order valence-electron chi connectivity index (χ3n) is 16.2. The summed E-state index contributed by atoms with van der Waals surface area (Å²) >= 11 is 0. The summed E-state index contributed by atoms with van der Waals surface area (Å²) in [7, 11) is 1.61. The van der Waals surface area contributed by atoms with Gasteiger partial charge in [-0.05, 0) is 130 Å². The Morgan fingerprint density at radius 1 is 0.863 bits per heavy atom. The normalized spacial score (nSPS) is 23.0. The van der Waals surface area contributed by atoms with Gasteiger partial charge >= 0.3 is 0 Å². The molecular formula is C58H72ClF3N10O8. The van der Waals surface area contributed by atoms with Gasteiger partial charge < -0.3 is 51.2 Å². The van der Waals surface area contributed by atoms with Gasteiger partial charge in [-0.25, -0.2) is 13.2 Å². The van der Waals surface area contributed by atoms with Crippen molar-refractivity contribution < 1.29 is 51.4 Å². The minimum atomic E-state index is -1.46. The van der Waals surface area contributed by atoms with Crippen molar-refractivity contribution in [3.05, 3.63) is 124 Å². The first kappa shape index (κ1) is 59.7. The molecule has 0 spiro atoms. The summed E-state index contributed by atoms with van der Waals surface area (Å²) in [6.45, 7) is 12.0. The number of hydrogen-bond donors (Lipinski definition) is 6. The first-order valence-corrected chi connectivity index (χ1v) is 27.2. The maximum absolute atomic E-state index is 15.0. The van der Waals surface area contributed by atoms with E-state index < -0.39 is 76.9 Å². The molecule has 4 aromatic carbocycles. The Hall–Kier alpha value is -6.46. The molecule has 5 aliphatic rings. The average Bonchev–Trinajstić information content (AvgIpc) is 4.17. The molecule has 7 atom stereocenters. The molecule has 0 aromatic heterocycles. The van der Waals surface area contributed by atoms with Crippen molar-refractivity contribution in [2.75, 3.05) is 94.8 Å². The van der Waals surface area contributed by atoms with Crippen molar-refractivity contribution in [3.8, 4) is 0 Å². The van der Waals surface area contributed by atoms with Crippen LogP contribution in [-0.2, 0) is 56.6 Å². The van der Waals surface area contributed by atoms with E-state index in [0.29, 0.717) is 75.6 Å². The van der Waals surface area contributed by atoms with E-state index in [1.165, 1.54) is 23.1 Å². The van der Waals surface area contributed by atoms with E-state index in [9.17, 15) is 33.2 Å². The third-order valence-corrected chi connectivity index (χ3v) is 16.2. The monoisotopic (exact) mass is 1130 g/mol. The van der Waals surface area contributed by atoms with Gasteiger partial charge in [0.1, 0.15) is 35.2 Å². The van der Waals surface area contributed by atoms with Crippen LogP contribution >= 0.6 is 12.4 Å². The molecule has 80 heavy (non-hydrogen) atoms. The fourth-order valence-electron chi connectivity index (χ4n) is 11.5. The van der Waals surface area contributed by atoms with E-state index in [2.05, 4.69) is 55.5 Å². The molecule has 0 radical (unpaired) electrons. The van der Waals surface area contributed by atoms with Crippen molar-refractivity contribution >= 4 is 64.9 Å². The van der Waals surface area contributed by atoms with Crippen molar-refractivity contribution in [2.45, 2.75) is 95.2 Å². The maximum atomic E-state index is 15.0. The lowest BCUT2D eigenvalue weighted by atomic mass is 9.83. The first-order valence-electron chi connectivity index (χ1n) is 27.2. The number of nitrogens with one attached hydrogen (secondary N) is 6. The summed E-state index contributed by atoms with van der Waals surface area (Å²) in [6.07, 6.45) is 1.35. The van der Waals surface area contributed by atoms with E-state index in [4.69, 9.17) is 9.47 Å². The number of likely N-dealkylation sites (N-methyl/N-ethyl adjacent to an activating group) is 1. The first-order chi connectivity index (χ1) is 37.9. The number of piperazine rings is 1. The van der Waals surface area contributed by atoms with Crippen LogP contribution in [0.15, 0.2) is 78.9 Å². The summed E-state index contributed by atoms with van der Waals surface area (Å²) in [5.74, 6) is -6.05. The van der Waals surface area contributed by atoms with Gasteiger partial charge in [0.25, 0.3) is 5.91 Å². The molecule has 3 saturated heterocycles. The van der Waals surface area contributed by atoms with Gasteiger partial charge in [0, 0.05) is 82.0 Å². The van der Waals surface area contributed by atoms with Crippen LogP contribution in [0.4, 0.5) is 30.2 Å². The number of carbonyl (C=O) groups is 6. The zero-order valence-corrected chi connectivity index (χ0v) is 46.6. The number of rotatable bonds is 17. The Labute approximate surface area is 470 Å². The molecule has 0 aliphatic carbocycles. The van der Waals surface area contributed by atoms with E-state index in [1.54, 1.807) is 50.1 Å². The smallest absolute Gasteiger partial charge is 0.252 e. The number of anilines is 3. The quantitative estimate of drug-likeness (QED) is 0.0871. The second-order valence-electron chi connectivity index (χ2n) is 21.8. The van der Waals surface area contributed by atoms with Gasteiger partial charge in [-0.15, -0.1) is 12.4 Å². The lowest BCUT2D eigenvalue weighted by Crippen LogP contribution is -2.62. The number of hydrogen-bond acceptors (Lipinski definition) is 12. The number of ether oxygens (including phenoxy) is 2. The fourth-order valence-corrected chi connectivity index (χ4v) is 11.5. The molecule has 3 fully saturated rings. The van der Waals surface area contributed by atoms with Crippen molar-refractivity contribution in [3.63, 3.8) is 0 Å². The summed E-state index contributed by atoms with van der Waals surface area (Å²) < 4.78 is 55.2. The van der Waals surface area contributed by atoms with Crippen molar-refractivity contribution in [1.82, 2.24) is 36.0 Å². The Kier molecular flexibility index (Phi) is 19.4. The Bertz CT molecular complexity index is 2920. The molecule has 5 aliphatic heterocycles. The van der Waals surface area contributed by atoms with Crippen LogP contribution in [0.3, 0.4) is 0 Å². The molecule has 0 bridgehead atoms. The topological polar surface area (TPSA) is 206 Å². The minimum Gasteiger partial charge on any atom is -0.381 e. The van der Waals surface area contributed by atoms with Crippen molar-refractivity contribution in [1.29, 1.82) is 0 Å². The number of para-hydroxylation sites is 1. The van der Waals surface area contributed by atoms with Crippen LogP contribution in [0.5, 0.6) is 0 Å². The lowest BCUT2D eigenvalue weighted by molar-refractivity contribution is -0.144. The second kappa shape index (κ2) is 26.0. The Morgan fingerprint density at radius 2 is 1.59 bits per heavy atom. The van der Waals surface area contributed by atoms with Gasteiger partial charge in [-0.3, -0.25) is 38.6 Å². The van der Waals surface area contributed by atoms with Gasteiger partial charge in [0.15, 0.2) is 0 Å². The van der Waals surface area contributed by atoms with Gasteiger partial charge in [-0.2, -0.15) is 0 Å². The Morgan fingerprint density at radius 3 is 2.30 bits per heavy atom. The number of amides is 6. The third kappa shape index (κ3) is 13.3. The molecular weight excluding hydrogens is 1060 g/mol. The molecule has 18 nitrogen and oxygen atoms in total. The molecule has 9 rings (SSSR count). The molecule has 430 valence electrons. The molecule has 0 saturated carbocycles. The lowest BCUT2D eigenvalue weighted by Gasteiger charge is -2.43. The second-order valence-corrected chi connectivity index (χ2v) is 21.8. The number of benzene rings is 4. The number of morpholine rings is 1. The van der Waals surface area contributed by atoms with Crippen LogP contribution in [0, 0.1) is 23.4 Å². The standard InChI is InChI=1S/C58H71F3N10O8.ClH/c1-34-28-69(43(26-63-34)30-68-19-22-79-32-35(68)2)31-50(73)71-33-58(4,45-16-11-38(24-48(45)71)23-37-9-13-41(59)14-10-37)57(77)64-27-49(72)65-42-15-12-40-29-70(53(44(40)25-42)55(75)67-52-46(60)7-6-8-47(52)61)56(76)51(39-17-20-78-21-18-39)66-54(74)36(3)62-5;/h6-16,24-25,34-36,39,43,51,53,62-63H,17-23,26-33H2,1-5H3,(H,64,77)(H,65,72)(H,66,74)(H,67,75);1H/t34-,35-,36+,43-,51+,53+,58+;/m1./s1. The van der Waals surface area contributed by atoms with Crippen LogP contribution < -0.4 is 36.8 Å². The minimum absolute atomic E-state index is 0. The van der Waals surface area contributed by atoms with Crippen LogP contribution in [0.25, 0.3) is 0 Å². The maximum Gasteiger partial charge on any atom is 0.252 e. The summed E-state index contributed by atoms with van der Waals surface area (Å²) in [4.78, 5) is 93.3. The summed E-state index contributed by atoms with van der Waals surface area (Å²) in [5, 5.41) is 17.3. The van der Waals surface area contributed by atoms with Gasteiger partial charge in [0.2, 0.25) is 29.5 Å². The number of halogens is 4. The highest BCUT2D eigenvalue weighted by molar-refractivity contribution is 6.05. The Balaban J connectivity index is 0.00000841. The zero-order valence-electron chi connectivity index (χ0n) is 45.8. The molecule has 0 unspecified atom stereocenters. The van der Waals surface area contributed by atoms with E-state index >= 15 is 8.78 Å². The molecule has 22 heteroatoms. The van der Waals surface area contributed by atoms with E-state index in [1.807, 2.05) is 18.2 Å². The SMILES string of the molecule is CN[C@@H](C)C(=O)N[C@H](C(=O)N1Cc2ccc(NC(=O)CNC(=O)[C@@]3(C)CN(C(=O)CN4C[C@@H](C)NC[C@@H]4CN4CCOC[C@H]4C)c4cc(Cc5ccc(F)cc5)ccc43)cc2[C@H]1C(=O)Nc1c(F)cccc1F)C1CCOCC1.Cl. The largest absolute Gasteiger partial charge is 0.381 e. The van der Waals surface area contributed by atoms with E-state index in [-0.39, 0.29) is 79.1 Å². The zero-order chi connectivity index (χ0) is 56.1. The molecule has 4 aromatic rings. The predicted octanol–water partition coefficient (Wildman–Crippen LogP) is 4.40. The van der Waals surface area contributed by atoms with Gasteiger partial charge in [-0.1, -0.05) is 36.4 Å².